The molecule has 0 saturated heterocycles. The predicted octanol–water partition coefficient (Wildman–Crippen LogP) is 2.27. The van der Waals surface area contributed by atoms with Gasteiger partial charge in [0.2, 0.25) is 5.91 Å². The molecule has 0 aliphatic heterocycles. The Morgan fingerprint density at radius 3 is 2.48 bits per heavy atom. The highest BCUT2D eigenvalue weighted by atomic mass is 19.4. The number of aryl methyl sites for hydroxylation is 1. The predicted molar refractivity (Wildman–Crippen MR) is 101 cm³/mol. The molecule has 9 nitrogen and oxygen atoms in total. The first-order chi connectivity index (χ1) is 14.7. The van der Waals surface area contributed by atoms with Crippen molar-refractivity contribution < 1.29 is 32.7 Å². The minimum absolute atomic E-state index is 0.103. The number of halogens is 3. The van der Waals surface area contributed by atoms with E-state index < -0.39 is 23.9 Å². The second-order valence-corrected chi connectivity index (χ2v) is 7.01. The Labute approximate surface area is 175 Å². The van der Waals surface area contributed by atoms with E-state index in [0.717, 1.165) is 31.4 Å². The highest BCUT2D eigenvalue weighted by Crippen LogP contribution is 2.26. The van der Waals surface area contributed by atoms with E-state index in [-0.39, 0.29) is 29.7 Å². The first kappa shape index (κ1) is 22.1. The normalized spacial score (nSPS) is 14.6. The van der Waals surface area contributed by atoms with Crippen molar-refractivity contribution in [1.29, 1.82) is 0 Å². The fourth-order valence-electron chi connectivity index (χ4n) is 3.03. The van der Waals surface area contributed by atoms with Crippen molar-refractivity contribution in [2.24, 2.45) is 12.2 Å². The van der Waals surface area contributed by atoms with Gasteiger partial charge in [-0.1, -0.05) is 5.16 Å². The van der Waals surface area contributed by atoms with Gasteiger partial charge in [0.1, 0.15) is 18.0 Å². The molecule has 1 aromatic carbocycles. The molecule has 2 amide bonds. The lowest BCUT2D eigenvalue weighted by atomic mass is 9.91. The van der Waals surface area contributed by atoms with Gasteiger partial charge in [-0.2, -0.15) is 0 Å². The maximum absolute atomic E-state index is 12.8. The molecule has 0 atom stereocenters. The number of imidazole rings is 1. The van der Waals surface area contributed by atoms with Gasteiger partial charge in [-0.15, -0.1) is 13.2 Å². The summed E-state index contributed by atoms with van der Waals surface area (Å²) < 4.78 is 42.2. The molecule has 166 valence electrons. The van der Waals surface area contributed by atoms with Crippen LogP contribution in [0, 0.1) is 0 Å². The van der Waals surface area contributed by atoms with Crippen LogP contribution in [0.15, 0.2) is 41.9 Å². The molecular formula is C19H20F3N5O4. The highest BCUT2D eigenvalue weighted by molar-refractivity contribution is 6.08. The number of amides is 2. The van der Waals surface area contributed by atoms with Gasteiger partial charge in [0, 0.05) is 24.8 Å². The SMILES string of the molecule is Cn1cnc(C(=O)N(CC(=O)N/C(=N/O)c2ccc(OC(F)(F)F)cc2)C2CCC2)c1. The maximum Gasteiger partial charge on any atom is 0.573 e. The number of alkyl halides is 3. The summed E-state index contributed by atoms with van der Waals surface area (Å²) in [4.78, 5) is 30.8. The minimum Gasteiger partial charge on any atom is -0.409 e. The standard InChI is InChI=1S/C19H20F3N5O4/c1-26-9-15(23-11-26)18(29)27(13-3-2-4-13)10-16(28)24-17(25-30)12-5-7-14(8-6-12)31-19(20,21)22/h5-9,11,13,30H,2-4,10H2,1H3,(H,24,25,28). The van der Waals surface area contributed by atoms with Crippen LogP contribution in [0.25, 0.3) is 0 Å². The summed E-state index contributed by atoms with van der Waals surface area (Å²) in [6.07, 6.45) is 0.649. The molecule has 31 heavy (non-hydrogen) atoms. The lowest BCUT2D eigenvalue weighted by molar-refractivity contribution is -0.274. The average Bonchev–Trinajstić information content (AvgIpc) is 3.09. The number of amidine groups is 1. The van der Waals surface area contributed by atoms with Crippen LogP contribution < -0.4 is 10.1 Å². The summed E-state index contributed by atoms with van der Waals surface area (Å²) >= 11 is 0. The van der Waals surface area contributed by atoms with E-state index in [2.05, 4.69) is 20.2 Å². The van der Waals surface area contributed by atoms with Crippen LogP contribution in [0.2, 0.25) is 0 Å². The largest absolute Gasteiger partial charge is 0.573 e. The molecule has 2 aromatic rings. The number of rotatable bonds is 6. The van der Waals surface area contributed by atoms with E-state index >= 15 is 0 Å². The molecule has 1 aliphatic carbocycles. The second-order valence-electron chi connectivity index (χ2n) is 7.01. The Hall–Kier alpha value is -3.57. The molecule has 0 spiro atoms. The molecule has 1 aromatic heterocycles. The number of hydrogen-bond donors (Lipinski definition) is 2. The van der Waals surface area contributed by atoms with Crippen molar-refractivity contribution in [3.8, 4) is 5.75 Å². The topological polar surface area (TPSA) is 109 Å². The third kappa shape index (κ3) is 5.74. The Morgan fingerprint density at radius 1 is 1.32 bits per heavy atom. The summed E-state index contributed by atoms with van der Waals surface area (Å²) in [6, 6.07) is 4.32. The van der Waals surface area contributed by atoms with Gasteiger partial charge in [0.05, 0.1) is 6.33 Å². The summed E-state index contributed by atoms with van der Waals surface area (Å²) in [6.45, 7) is -0.297. The van der Waals surface area contributed by atoms with Gasteiger partial charge in [-0.05, 0) is 43.5 Å². The van der Waals surface area contributed by atoms with Crippen LogP contribution in [0.1, 0.15) is 35.3 Å². The molecule has 12 heteroatoms. The third-order valence-corrected chi connectivity index (χ3v) is 4.73. The van der Waals surface area contributed by atoms with Crippen molar-refractivity contribution in [2.75, 3.05) is 6.54 Å². The minimum atomic E-state index is -4.84. The van der Waals surface area contributed by atoms with Gasteiger partial charge in [0.25, 0.3) is 5.91 Å². The van der Waals surface area contributed by atoms with Crippen LogP contribution in [-0.2, 0) is 11.8 Å². The Bertz CT molecular complexity index is 968. The molecule has 3 rings (SSSR count). The molecule has 1 heterocycles. The van der Waals surface area contributed by atoms with Crippen molar-refractivity contribution in [1.82, 2.24) is 19.8 Å². The van der Waals surface area contributed by atoms with Crippen molar-refractivity contribution in [3.63, 3.8) is 0 Å². The van der Waals surface area contributed by atoms with E-state index in [1.165, 1.54) is 23.4 Å². The van der Waals surface area contributed by atoms with Crippen LogP contribution in [0.4, 0.5) is 13.2 Å². The molecular weight excluding hydrogens is 419 g/mol. The number of carbonyl (C=O) groups excluding carboxylic acids is 2. The number of hydrogen-bond acceptors (Lipinski definition) is 6. The first-order valence-corrected chi connectivity index (χ1v) is 9.33. The van der Waals surface area contributed by atoms with E-state index in [9.17, 15) is 28.0 Å². The second kappa shape index (κ2) is 9.06. The van der Waals surface area contributed by atoms with E-state index in [0.29, 0.717) is 0 Å². The van der Waals surface area contributed by atoms with Gasteiger partial charge >= 0.3 is 6.36 Å². The quantitative estimate of drug-likeness (QED) is 0.311. The molecule has 1 aliphatic rings. The van der Waals surface area contributed by atoms with Crippen LogP contribution in [-0.4, -0.2) is 56.3 Å². The smallest absolute Gasteiger partial charge is 0.409 e. The molecule has 0 radical (unpaired) electrons. The number of nitrogens with one attached hydrogen (secondary N) is 1. The first-order valence-electron chi connectivity index (χ1n) is 9.33. The summed E-state index contributed by atoms with van der Waals surface area (Å²) in [5.74, 6) is -1.75. The number of nitrogens with zero attached hydrogens (tertiary/aromatic N) is 4. The molecule has 0 unspecified atom stereocenters. The van der Waals surface area contributed by atoms with Crippen molar-refractivity contribution in [3.05, 3.63) is 48.0 Å². The highest BCUT2D eigenvalue weighted by Gasteiger charge is 2.33. The zero-order valence-electron chi connectivity index (χ0n) is 16.5. The van der Waals surface area contributed by atoms with Gasteiger partial charge in [-0.3, -0.25) is 9.59 Å². The number of oxime groups is 1. The average molecular weight is 439 g/mol. The lowest BCUT2D eigenvalue weighted by Crippen LogP contribution is -2.50. The number of carbonyl (C=O) groups is 2. The Balaban J connectivity index is 1.67. The van der Waals surface area contributed by atoms with Crippen molar-refractivity contribution in [2.45, 2.75) is 31.7 Å². The maximum atomic E-state index is 12.8. The van der Waals surface area contributed by atoms with E-state index in [4.69, 9.17) is 0 Å². The zero-order valence-corrected chi connectivity index (χ0v) is 16.5. The van der Waals surface area contributed by atoms with Crippen LogP contribution in [0.3, 0.4) is 0 Å². The molecule has 2 N–H and O–H groups in total. The van der Waals surface area contributed by atoms with Crippen LogP contribution in [0.5, 0.6) is 5.75 Å². The lowest BCUT2D eigenvalue weighted by Gasteiger charge is -2.36. The van der Waals surface area contributed by atoms with Gasteiger partial charge in [-0.25, -0.2) is 4.98 Å². The van der Waals surface area contributed by atoms with Gasteiger partial charge < -0.3 is 24.7 Å². The fourth-order valence-corrected chi connectivity index (χ4v) is 3.03. The third-order valence-electron chi connectivity index (χ3n) is 4.73. The van der Waals surface area contributed by atoms with E-state index in [1.807, 2.05) is 0 Å². The van der Waals surface area contributed by atoms with Gasteiger partial charge in [0.15, 0.2) is 5.84 Å². The number of ether oxygens (including phenoxy) is 1. The number of benzene rings is 1. The Morgan fingerprint density at radius 2 is 2.00 bits per heavy atom. The molecule has 1 saturated carbocycles. The van der Waals surface area contributed by atoms with Crippen LogP contribution >= 0.6 is 0 Å². The summed E-state index contributed by atoms with van der Waals surface area (Å²) in [5, 5.41) is 14.6. The molecule has 0 bridgehead atoms. The fraction of sp³-hybridized carbons (Fsp3) is 0.368. The zero-order chi connectivity index (χ0) is 22.6. The summed E-state index contributed by atoms with van der Waals surface area (Å²) in [7, 11) is 1.72. The van der Waals surface area contributed by atoms with E-state index in [1.54, 1.807) is 17.8 Å². The number of aromatic nitrogens is 2. The Kier molecular flexibility index (Phi) is 6.47. The molecule has 1 fully saturated rings. The summed E-state index contributed by atoms with van der Waals surface area (Å²) in [5.41, 5.74) is 0.357. The monoisotopic (exact) mass is 439 g/mol. The van der Waals surface area contributed by atoms with Crippen molar-refractivity contribution >= 4 is 17.6 Å².